The molecule has 0 bridgehead atoms. The van der Waals surface area contributed by atoms with E-state index in [1.165, 1.54) is 6.92 Å². The highest BCUT2D eigenvalue weighted by Gasteiger charge is 2.11. The average Bonchev–Trinajstić information content (AvgIpc) is 2.27. The minimum atomic E-state index is -1.06. The molecule has 0 amide bonds. The number of aromatic amines is 1. The predicted octanol–water partition coefficient (Wildman–Crippen LogP) is -0.492. The zero-order valence-corrected chi connectivity index (χ0v) is 10.5. The van der Waals surface area contributed by atoms with Gasteiger partial charge in [0.1, 0.15) is 0 Å². The normalized spacial score (nSPS) is 12.4. The molecule has 6 nitrogen and oxygen atoms in total. The Morgan fingerprint density at radius 1 is 1.47 bits per heavy atom. The van der Waals surface area contributed by atoms with Crippen LogP contribution in [0.4, 0.5) is 0 Å². The van der Waals surface area contributed by atoms with Crippen LogP contribution in [0.3, 0.4) is 0 Å². The zero-order chi connectivity index (χ0) is 13.0. The van der Waals surface area contributed by atoms with Crippen LogP contribution in [0, 0.1) is 0 Å². The second-order valence-electron chi connectivity index (χ2n) is 3.45. The van der Waals surface area contributed by atoms with Gasteiger partial charge in [-0.2, -0.15) is 0 Å². The summed E-state index contributed by atoms with van der Waals surface area (Å²) >= 11 is 0. The van der Waals surface area contributed by atoms with Crippen molar-refractivity contribution < 1.29 is 9.00 Å². The Kier molecular flexibility index (Phi) is 4.56. The third kappa shape index (κ3) is 3.23. The smallest absolute Gasteiger partial charge is 0.313 e. The van der Waals surface area contributed by atoms with Crippen molar-refractivity contribution in [2.24, 2.45) is 0 Å². The van der Waals surface area contributed by atoms with Crippen molar-refractivity contribution in [3.8, 4) is 0 Å². The van der Waals surface area contributed by atoms with Crippen molar-refractivity contribution in [1.82, 2.24) is 9.55 Å². The maximum absolute atomic E-state index is 11.8. The predicted molar refractivity (Wildman–Crippen MR) is 64.9 cm³/mol. The number of ketones is 1. The van der Waals surface area contributed by atoms with Crippen molar-refractivity contribution in [2.75, 3.05) is 11.5 Å². The molecule has 0 fully saturated rings. The van der Waals surface area contributed by atoms with Gasteiger partial charge < -0.3 is 4.98 Å². The SMILES string of the molecule is CCS(=O)CCn1c(=O)[nH]cc(C(C)=O)c1=O. The highest BCUT2D eigenvalue weighted by molar-refractivity contribution is 7.84. The highest BCUT2D eigenvalue weighted by atomic mass is 32.2. The average molecular weight is 258 g/mol. The van der Waals surface area contributed by atoms with Gasteiger partial charge in [0.2, 0.25) is 0 Å². The molecule has 0 aliphatic heterocycles. The Labute approximate surface area is 100 Å². The van der Waals surface area contributed by atoms with Crippen LogP contribution in [0.15, 0.2) is 15.8 Å². The molecule has 1 N–H and O–H groups in total. The first-order valence-electron chi connectivity index (χ1n) is 5.15. The highest BCUT2D eigenvalue weighted by Crippen LogP contribution is 1.89. The standard InChI is InChI=1S/C10H14N2O4S/c1-3-17(16)5-4-12-9(14)8(7(2)13)6-11-10(12)15/h6H,3-5H2,1-2H3,(H,11,15). The molecule has 0 aliphatic carbocycles. The summed E-state index contributed by atoms with van der Waals surface area (Å²) in [6, 6.07) is 0. The molecule has 1 aromatic heterocycles. The molecule has 17 heavy (non-hydrogen) atoms. The van der Waals surface area contributed by atoms with Gasteiger partial charge >= 0.3 is 5.69 Å². The van der Waals surface area contributed by atoms with Crippen molar-refractivity contribution >= 4 is 16.6 Å². The molecule has 7 heteroatoms. The Bertz CT molecular complexity index is 558. The number of carbonyl (C=O) groups is 1. The van der Waals surface area contributed by atoms with Gasteiger partial charge in [0.05, 0.1) is 5.56 Å². The largest absolute Gasteiger partial charge is 0.328 e. The first kappa shape index (κ1) is 13.6. The lowest BCUT2D eigenvalue weighted by Gasteiger charge is -2.04. The zero-order valence-electron chi connectivity index (χ0n) is 9.69. The minimum Gasteiger partial charge on any atom is -0.313 e. The summed E-state index contributed by atoms with van der Waals surface area (Å²) in [7, 11) is -1.06. The Morgan fingerprint density at radius 2 is 2.12 bits per heavy atom. The summed E-state index contributed by atoms with van der Waals surface area (Å²) in [5.74, 6) is 0.288. The number of hydrogen-bond donors (Lipinski definition) is 1. The summed E-state index contributed by atoms with van der Waals surface area (Å²) in [6.45, 7) is 3.06. The van der Waals surface area contributed by atoms with Crippen molar-refractivity contribution in [1.29, 1.82) is 0 Å². The number of Topliss-reactive ketones (excluding diaryl/α,β-unsaturated/α-hetero) is 1. The van der Waals surface area contributed by atoms with E-state index >= 15 is 0 Å². The van der Waals surface area contributed by atoms with Crippen LogP contribution in [0.1, 0.15) is 24.2 Å². The molecule has 0 aliphatic rings. The van der Waals surface area contributed by atoms with Crippen molar-refractivity contribution in [2.45, 2.75) is 20.4 Å². The van der Waals surface area contributed by atoms with Crippen LogP contribution >= 0.6 is 0 Å². The molecular formula is C10H14N2O4S. The number of H-pyrrole nitrogens is 1. The molecule has 0 aromatic carbocycles. The lowest BCUT2D eigenvalue weighted by atomic mass is 10.2. The fourth-order valence-electron chi connectivity index (χ4n) is 1.30. The number of aromatic nitrogens is 2. The molecular weight excluding hydrogens is 244 g/mol. The van der Waals surface area contributed by atoms with Crippen LogP contribution in [0.25, 0.3) is 0 Å². The van der Waals surface area contributed by atoms with Crippen LogP contribution in [0.2, 0.25) is 0 Å². The van der Waals surface area contributed by atoms with Gasteiger partial charge in [0.15, 0.2) is 5.78 Å². The van der Waals surface area contributed by atoms with Gasteiger partial charge in [-0.15, -0.1) is 0 Å². The first-order valence-corrected chi connectivity index (χ1v) is 6.64. The molecule has 0 spiro atoms. The van der Waals surface area contributed by atoms with Gasteiger partial charge in [0.25, 0.3) is 5.56 Å². The van der Waals surface area contributed by atoms with E-state index in [1.807, 2.05) is 0 Å². The maximum Gasteiger partial charge on any atom is 0.328 e. The van der Waals surface area contributed by atoms with Gasteiger partial charge in [0, 0.05) is 35.0 Å². The summed E-state index contributed by atoms with van der Waals surface area (Å²) in [5, 5.41) is 0. The molecule has 1 heterocycles. The van der Waals surface area contributed by atoms with Crippen molar-refractivity contribution in [3.05, 3.63) is 32.6 Å². The van der Waals surface area contributed by atoms with Crippen LogP contribution in [0.5, 0.6) is 0 Å². The monoisotopic (exact) mass is 258 g/mol. The number of nitrogens with one attached hydrogen (secondary N) is 1. The molecule has 94 valence electrons. The summed E-state index contributed by atoms with van der Waals surface area (Å²) < 4.78 is 12.2. The Hall–Kier alpha value is -1.50. The van der Waals surface area contributed by atoms with E-state index in [1.54, 1.807) is 6.92 Å². The third-order valence-electron chi connectivity index (χ3n) is 2.30. The third-order valence-corrected chi connectivity index (χ3v) is 3.59. The molecule has 0 radical (unpaired) electrons. The van der Waals surface area contributed by atoms with Gasteiger partial charge in [-0.05, 0) is 6.92 Å². The maximum atomic E-state index is 11.8. The van der Waals surface area contributed by atoms with Crippen LogP contribution < -0.4 is 11.2 Å². The lowest BCUT2D eigenvalue weighted by Crippen LogP contribution is -2.38. The number of carbonyl (C=O) groups excluding carboxylic acids is 1. The summed E-state index contributed by atoms with van der Waals surface area (Å²) in [5.41, 5.74) is -1.28. The van der Waals surface area contributed by atoms with E-state index in [0.29, 0.717) is 5.75 Å². The van der Waals surface area contributed by atoms with E-state index < -0.39 is 27.8 Å². The second kappa shape index (κ2) is 5.72. The molecule has 1 rings (SSSR count). The Balaban J connectivity index is 3.11. The van der Waals surface area contributed by atoms with Gasteiger partial charge in [-0.3, -0.25) is 18.4 Å². The van der Waals surface area contributed by atoms with Crippen LogP contribution in [-0.2, 0) is 17.3 Å². The lowest BCUT2D eigenvalue weighted by molar-refractivity contribution is 0.101. The number of rotatable bonds is 5. The number of hydrogen-bond acceptors (Lipinski definition) is 4. The molecule has 1 aromatic rings. The first-order chi connectivity index (χ1) is 7.97. The topological polar surface area (TPSA) is 89.0 Å². The summed E-state index contributed by atoms with van der Waals surface area (Å²) in [4.78, 5) is 36.6. The minimum absolute atomic E-state index is 0.0513. The van der Waals surface area contributed by atoms with E-state index in [2.05, 4.69) is 4.98 Å². The molecule has 1 atom stereocenters. The Morgan fingerprint density at radius 3 is 2.65 bits per heavy atom. The van der Waals surface area contributed by atoms with E-state index in [4.69, 9.17) is 0 Å². The molecule has 1 unspecified atom stereocenters. The molecule has 0 saturated heterocycles. The fourth-order valence-corrected chi connectivity index (χ4v) is 1.98. The van der Waals surface area contributed by atoms with Gasteiger partial charge in [-0.25, -0.2) is 4.79 Å². The van der Waals surface area contributed by atoms with E-state index in [0.717, 1.165) is 10.8 Å². The van der Waals surface area contributed by atoms with Crippen LogP contribution in [-0.4, -0.2) is 31.0 Å². The van der Waals surface area contributed by atoms with E-state index in [-0.39, 0.29) is 17.9 Å². The summed E-state index contributed by atoms with van der Waals surface area (Å²) in [6.07, 6.45) is 1.11. The van der Waals surface area contributed by atoms with E-state index in [9.17, 15) is 18.6 Å². The fraction of sp³-hybridized carbons (Fsp3) is 0.500. The number of nitrogens with zero attached hydrogens (tertiary/aromatic N) is 1. The quantitative estimate of drug-likeness (QED) is 0.722. The van der Waals surface area contributed by atoms with Crippen molar-refractivity contribution in [3.63, 3.8) is 0 Å². The second-order valence-corrected chi connectivity index (χ2v) is 5.32. The van der Waals surface area contributed by atoms with Gasteiger partial charge in [-0.1, -0.05) is 6.92 Å². The molecule has 0 saturated carbocycles.